The van der Waals surface area contributed by atoms with Gasteiger partial charge in [-0.1, -0.05) is 24.3 Å². The van der Waals surface area contributed by atoms with Crippen LogP contribution in [-0.2, 0) is 17.9 Å². The number of methoxy groups -OCH3 is 1. The van der Waals surface area contributed by atoms with Crippen LogP contribution in [0.2, 0.25) is 0 Å². The van der Waals surface area contributed by atoms with Crippen molar-refractivity contribution in [3.8, 4) is 0 Å². The van der Waals surface area contributed by atoms with Crippen molar-refractivity contribution in [2.24, 2.45) is 0 Å². The lowest BCUT2D eigenvalue weighted by Gasteiger charge is -2.13. The van der Waals surface area contributed by atoms with Gasteiger partial charge in [0.2, 0.25) is 0 Å². The second kappa shape index (κ2) is 6.80. The highest BCUT2D eigenvalue weighted by Crippen LogP contribution is 2.18. The summed E-state index contributed by atoms with van der Waals surface area (Å²) >= 11 is 1.71. The maximum absolute atomic E-state index is 5.23. The van der Waals surface area contributed by atoms with Crippen LogP contribution in [0.25, 0.3) is 0 Å². The minimum Gasteiger partial charge on any atom is -0.380 e. The zero-order chi connectivity index (χ0) is 13.7. The van der Waals surface area contributed by atoms with Gasteiger partial charge in [-0.15, -0.1) is 11.3 Å². The average molecular weight is 276 g/mol. The van der Waals surface area contributed by atoms with Gasteiger partial charge in [-0.05, 0) is 25.0 Å². The van der Waals surface area contributed by atoms with Gasteiger partial charge in [-0.3, -0.25) is 0 Å². The molecule has 19 heavy (non-hydrogen) atoms. The molecule has 2 rings (SSSR count). The first-order chi connectivity index (χ1) is 9.20. The van der Waals surface area contributed by atoms with Crippen molar-refractivity contribution < 1.29 is 4.74 Å². The molecule has 1 unspecified atom stereocenters. The third-order valence-corrected chi connectivity index (χ3v) is 4.17. The van der Waals surface area contributed by atoms with Crippen LogP contribution in [-0.4, -0.2) is 12.1 Å². The van der Waals surface area contributed by atoms with E-state index >= 15 is 0 Å². The maximum Gasteiger partial charge on any atom is 0.110 e. The Hall–Kier alpha value is -1.23. The zero-order valence-electron chi connectivity index (χ0n) is 11.6. The molecule has 2 aromatic rings. The lowest BCUT2D eigenvalue weighted by molar-refractivity contribution is 0.184. The lowest BCUT2D eigenvalue weighted by atomic mass is 10.1. The third kappa shape index (κ3) is 3.86. The molecule has 4 heteroatoms. The molecule has 0 spiro atoms. The normalized spacial score (nSPS) is 12.6. The van der Waals surface area contributed by atoms with Crippen molar-refractivity contribution in [1.82, 2.24) is 10.3 Å². The van der Waals surface area contributed by atoms with Crippen molar-refractivity contribution in [3.63, 3.8) is 0 Å². The van der Waals surface area contributed by atoms with E-state index in [0.717, 1.165) is 17.2 Å². The Kier molecular flexibility index (Phi) is 5.07. The van der Waals surface area contributed by atoms with Crippen molar-refractivity contribution in [3.05, 3.63) is 51.5 Å². The van der Waals surface area contributed by atoms with Crippen molar-refractivity contribution in [1.29, 1.82) is 0 Å². The van der Waals surface area contributed by atoms with Gasteiger partial charge in [0.15, 0.2) is 0 Å². The Labute approximate surface area is 118 Å². The number of hydrogen-bond acceptors (Lipinski definition) is 4. The van der Waals surface area contributed by atoms with Crippen molar-refractivity contribution in [2.45, 2.75) is 33.0 Å². The standard InChI is InChI=1S/C15H20N2OS/c1-11-10-19-15(17-11)12(2)16-8-13-6-4-5-7-14(13)9-18-3/h4-7,10,12,16H,8-9H2,1-3H3. The lowest BCUT2D eigenvalue weighted by Crippen LogP contribution is -2.19. The summed E-state index contributed by atoms with van der Waals surface area (Å²) in [7, 11) is 1.73. The molecule has 0 saturated heterocycles. The minimum absolute atomic E-state index is 0.273. The van der Waals surface area contributed by atoms with Gasteiger partial charge >= 0.3 is 0 Å². The highest BCUT2D eigenvalue weighted by atomic mass is 32.1. The highest BCUT2D eigenvalue weighted by Gasteiger charge is 2.09. The smallest absolute Gasteiger partial charge is 0.110 e. The molecule has 1 atom stereocenters. The van der Waals surface area contributed by atoms with E-state index in [4.69, 9.17) is 4.74 Å². The van der Waals surface area contributed by atoms with E-state index in [1.807, 2.05) is 13.0 Å². The molecule has 1 aromatic heterocycles. The first-order valence-corrected chi connectivity index (χ1v) is 7.30. The van der Waals surface area contributed by atoms with Crippen LogP contribution in [0.15, 0.2) is 29.6 Å². The summed E-state index contributed by atoms with van der Waals surface area (Å²) in [6, 6.07) is 8.63. The number of hydrogen-bond donors (Lipinski definition) is 1. The van der Waals surface area contributed by atoms with Gasteiger partial charge in [0, 0.05) is 24.7 Å². The topological polar surface area (TPSA) is 34.1 Å². The van der Waals surface area contributed by atoms with Crippen LogP contribution in [0, 0.1) is 6.92 Å². The molecule has 0 aliphatic heterocycles. The first-order valence-electron chi connectivity index (χ1n) is 6.42. The number of ether oxygens (including phenoxy) is 1. The van der Waals surface area contributed by atoms with Crippen LogP contribution in [0.1, 0.15) is 34.8 Å². The van der Waals surface area contributed by atoms with Crippen LogP contribution in [0.3, 0.4) is 0 Å². The molecule has 1 N–H and O–H groups in total. The number of nitrogens with zero attached hydrogens (tertiary/aromatic N) is 1. The Morgan fingerprint density at radius 2 is 2.05 bits per heavy atom. The Balaban J connectivity index is 1.98. The van der Waals surface area contributed by atoms with E-state index in [1.165, 1.54) is 11.1 Å². The Morgan fingerprint density at radius 1 is 1.32 bits per heavy atom. The third-order valence-electron chi connectivity index (χ3n) is 3.02. The first kappa shape index (κ1) is 14.2. The van der Waals surface area contributed by atoms with Gasteiger partial charge in [0.1, 0.15) is 5.01 Å². The summed E-state index contributed by atoms with van der Waals surface area (Å²) in [5.41, 5.74) is 3.61. The summed E-state index contributed by atoms with van der Waals surface area (Å²) in [6.45, 7) is 5.67. The fourth-order valence-corrected chi connectivity index (χ4v) is 2.78. The van der Waals surface area contributed by atoms with Gasteiger partial charge in [0.25, 0.3) is 0 Å². The molecule has 0 bridgehead atoms. The molecule has 0 aliphatic carbocycles. The zero-order valence-corrected chi connectivity index (χ0v) is 12.5. The predicted molar refractivity (Wildman–Crippen MR) is 79.3 cm³/mol. The van der Waals surface area contributed by atoms with E-state index in [9.17, 15) is 0 Å². The number of benzene rings is 1. The summed E-state index contributed by atoms with van der Waals surface area (Å²) in [5, 5.41) is 6.75. The number of nitrogens with one attached hydrogen (secondary N) is 1. The van der Waals surface area contributed by atoms with E-state index in [1.54, 1.807) is 18.4 Å². The van der Waals surface area contributed by atoms with Crippen molar-refractivity contribution in [2.75, 3.05) is 7.11 Å². The monoisotopic (exact) mass is 276 g/mol. The second-order valence-corrected chi connectivity index (χ2v) is 5.52. The van der Waals surface area contributed by atoms with E-state index in [2.05, 4.69) is 40.8 Å². The quantitative estimate of drug-likeness (QED) is 0.877. The van der Waals surface area contributed by atoms with Crippen LogP contribution in [0.4, 0.5) is 0 Å². The van der Waals surface area contributed by atoms with E-state index < -0.39 is 0 Å². The van der Waals surface area contributed by atoms with Crippen LogP contribution in [0.5, 0.6) is 0 Å². The molecule has 1 aromatic carbocycles. The second-order valence-electron chi connectivity index (χ2n) is 4.63. The van der Waals surface area contributed by atoms with Gasteiger partial charge in [0.05, 0.1) is 12.6 Å². The number of aryl methyl sites for hydroxylation is 1. The largest absolute Gasteiger partial charge is 0.380 e. The average Bonchev–Trinajstić information content (AvgIpc) is 2.84. The number of aromatic nitrogens is 1. The molecule has 0 fully saturated rings. The van der Waals surface area contributed by atoms with Crippen molar-refractivity contribution >= 4 is 11.3 Å². The molecule has 0 aliphatic rings. The van der Waals surface area contributed by atoms with Gasteiger partial charge < -0.3 is 10.1 Å². The van der Waals surface area contributed by atoms with Gasteiger partial charge in [-0.25, -0.2) is 4.98 Å². The summed E-state index contributed by atoms with van der Waals surface area (Å²) in [5.74, 6) is 0. The van der Waals surface area contributed by atoms with Crippen LogP contribution >= 0.6 is 11.3 Å². The molecular formula is C15H20N2OS. The van der Waals surface area contributed by atoms with E-state index in [0.29, 0.717) is 6.61 Å². The molecule has 102 valence electrons. The maximum atomic E-state index is 5.23. The fourth-order valence-electron chi connectivity index (χ4n) is 1.95. The number of rotatable bonds is 6. The molecule has 0 saturated carbocycles. The predicted octanol–water partition coefficient (Wildman–Crippen LogP) is 3.45. The summed E-state index contributed by atoms with van der Waals surface area (Å²) < 4.78 is 5.23. The minimum atomic E-state index is 0.273. The SMILES string of the molecule is COCc1ccccc1CNC(C)c1nc(C)cs1. The molecule has 0 amide bonds. The van der Waals surface area contributed by atoms with Gasteiger partial charge in [-0.2, -0.15) is 0 Å². The molecule has 0 radical (unpaired) electrons. The Morgan fingerprint density at radius 3 is 2.68 bits per heavy atom. The summed E-state index contributed by atoms with van der Waals surface area (Å²) in [4.78, 5) is 4.51. The Bertz CT molecular complexity index is 524. The highest BCUT2D eigenvalue weighted by molar-refractivity contribution is 7.09. The fraction of sp³-hybridized carbons (Fsp3) is 0.400. The molecule has 1 heterocycles. The van der Waals surface area contributed by atoms with Crippen LogP contribution < -0.4 is 5.32 Å². The molecular weight excluding hydrogens is 256 g/mol. The van der Waals surface area contributed by atoms with E-state index in [-0.39, 0.29) is 6.04 Å². The summed E-state index contributed by atoms with van der Waals surface area (Å²) in [6.07, 6.45) is 0. The molecule has 3 nitrogen and oxygen atoms in total. The number of thiazole rings is 1.